The monoisotopic (exact) mass is 360 g/mol. The van der Waals surface area contributed by atoms with E-state index in [1.807, 2.05) is 78.0 Å². The predicted molar refractivity (Wildman–Crippen MR) is 102 cm³/mol. The van der Waals surface area contributed by atoms with Crippen LogP contribution in [-0.4, -0.2) is 20.3 Å². The van der Waals surface area contributed by atoms with Gasteiger partial charge in [0.05, 0.1) is 24.2 Å². The van der Waals surface area contributed by atoms with Crippen LogP contribution in [-0.2, 0) is 6.54 Å². The van der Waals surface area contributed by atoms with Crippen LogP contribution in [0.4, 0.5) is 0 Å². The average molecular weight is 360 g/mol. The molecule has 6 nitrogen and oxygen atoms in total. The van der Waals surface area contributed by atoms with Gasteiger partial charge < -0.3 is 14.3 Å². The van der Waals surface area contributed by atoms with E-state index >= 15 is 0 Å². The van der Waals surface area contributed by atoms with Gasteiger partial charge in [-0.25, -0.2) is 4.68 Å². The Morgan fingerprint density at radius 2 is 1.93 bits per heavy atom. The Hall–Kier alpha value is -3.54. The second-order valence-corrected chi connectivity index (χ2v) is 6.39. The summed E-state index contributed by atoms with van der Waals surface area (Å²) in [5.74, 6) is 1.22. The molecule has 6 heteroatoms. The number of rotatable bonds is 5. The fraction of sp³-hybridized carbons (Fsp3) is 0.143. The summed E-state index contributed by atoms with van der Waals surface area (Å²) in [6.07, 6.45) is 5.41. The van der Waals surface area contributed by atoms with E-state index < -0.39 is 0 Å². The minimum absolute atomic E-state index is 0.188. The molecule has 0 aliphatic rings. The van der Waals surface area contributed by atoms with Crippen LogP contribution in [0.1, 0.15) is 27.4 Å². The summed E-state index contributed by atoms with van der Waals surface area (Å²) in [7, 11) is 0. The molecular weight excluding hydrogens is 340 g/mol. The SMILES string of the molecule is Cc1cccc(-n2nc(C)c(C(=O)NCc3ccco3)c2-n2cccc2)c1. The third-order valence-corrected chi connectivity index (χ3v) is 4.36. The van der Waals surface area contributed by atoms with Crippen molar-refractivity contribution in [2.75, 3.05) is 0 Å². The third-order valence-electron chi connectivity index (χ3n) is 4.36. The molecule has 3 heterocycles. The van der Waals surface area contributed by atoms with Gasteiger partial charge >= 0.3 is 0 Å². The first-order valence-electron chi connectivity index (χ1n) is 8.74. The van der Waals surface area contributed by atoms with Crippen LogP contribution in [0.25, 0.3) is 11.5 Å². The van der Waals surface area contributed by atoms with Gasteiger partial charge in [-0.1, -0.05) is 12.1 Å². The van der Waals surface area contributed by atoms with Crippen molar-refractivity contribution >= 4 is 5.91 Å². The van der Waals surface area contributed by atoms with Gasteiger partial charge in [0.15, 0.2) is 5.82 Å². The van der Waals surface area contributed by atoms with Crippen molar-refractivity contribution in [2.45, 2.75) is 20.4 Å². The number of nitrogens with one attached hydrogen (secondary N) is 1. The summed E-state index contributed by atoms with van der Waals surface area (Å²) in [4.78, 5) is 13.0. The lowest BCUT2D eigenvalue weighted by Gasteiger charge is -2.11. The van der Waals surface area contributed by atoms with E-state index in [-0.39, 0.29) is 5.91 Å². The van der Waals surface area contributed by atoms with Crippen LogP contribution in [0.5, 0.6) is 0 Å². The lowest BCUT2D eigenvalue weighted by atomic mass is 10.2. The van der Waals surface area contributed by atoms with Gasteiger partial charge in [-0.05, 0) is 55.8 Å². The third kappa shape index (κ3) is 3.29. The molecule has 0 spiro atoms. The van der Waals surface area contributed by atoms with Crippen LogP contribution < -0.4 is 5.32 Å². The summed E-state index contributed by atoms with van der Waals surface area (Å²) in [5.41, 5.74) is 3.24. The van der Waals surface area contributed by atoms with Gasteiger partial charge in [-0.15, -0.1) is 0 Å². The maximum Gasteiger partial charge on any atom is 0.257 e. The van der Waals surface area contributed by atoms with Crippen LogP contribution in [0.15, 0.2) is 71.6 Å². The summed E-state index contributed by atoms with van der Waals surface area (Å²) in [6, 6.07) is 15.5. The van der Waals surface area contributed by atoms with Gasteiger partial charge in [0.25, 0.3) is 5.91 Å². The molecule has 136 valence electrons. The minimum atomic E-state index is -0.188. The number of furan rings is 1. The van der Waals surface area contributed by atoms with E-state index in [9.17, 15) is 4.79 Å². The molecule has 0 atom stereocenters. The second kappa shape index (κ2) is 6.99. The van der Waals surface area contributed by atoms with Crippen LogP contribution in [0, 0.1) is 13.8 Å². The fourth-order valence-corrected chi connectivity index (χ4v) is 3.10. The lowest BCUT2D eigenvalue weighted by Crippen LogP contribution is -2.24. The van der Waals surface area contributed by atoms with Gasteiger partial charge in [-0.3, -0.25) is 4.79 Å². The van der Waals surface area contributed by atoms with Crippen molar-refractivity contribution in [2.24, 2.45) is 0 Å². The first kappa shape index (κ1) is 16.9. The summed E-state index contributed by atoms with van der Waals surface area (Å²) in [6.45, 7) is 4.21. The van der Waals surface area contributed by atoms with Crippen molar-refractivity contribution < 1.29 is 9.21 Å². The van der Waals surface area contributed by atoms with Gasteiger partial charge in [0.1, 0.15) is 11.3 Å². The molecule has 0 bridgehead atoms. The smallest absolute Gasteiger partial charge is 0.257 e. The van der Waals surface area contributed by atoms with Crippen molar-refractivity contribution in [1.29, 1.82) is 0 Å². The highest BCUT2D eigenvalue weighted by molar-refractivity contribution is 5.98. The number of hydrogen-bond donors (Lipinski definition) is 1. The van der Waals surface area contributed by atoms with Crippen molar-refractivity contribution in [1.82, 2.24) is 19.7 Å². The van der Waals surface area contributed by atoms with E-state index in [0.29, 0.717) is 29.4 Å². The number of nitrogens with zero attached hydrogens (tertiary/aromatic N) is 3. The van der Waals surface area contributed by atoms with Crippen molar-refractivity contribution in [3.05, 3.63) is 89.8 Å². The molecule has 1 aromatic carbocycles. The first-order valence-corrected chi connectivity index (χ1v) is 8.74. The molecule has 0 aliphatic heterocycles. The quantitative estimate of drug-likeness (QED) is 0.589. The Balaban J connectivity index is 1.78. The molecule has 0 radical (unpaired) electrons. The molecule has 1 N–H and O–H groups in total. The zero-order valence-corrected chi connectivity index (χ0v) is 15.2. The maximum atomic E-state index is 13.0. The first-order chi connectivity index (χ1) is 13.1. The summed E-state index contributed by atoms with van der Waals surface area (Å²) < 4.78 is 9.02. The topological polar surface area (TPSA) is 65.0 Å². The van der Waals surface area contributed by atoms with E-state index in [0.717, 1.165) is 11.3 Å². The highest BCUT2D eigenvalue weighted by Crippen LogP contribution is 2.23. The highest BCUT2D eigenvalue weighted by Gasteiger charge is 2.23. The molecule has 0 unspecified atom stereocenters. The number of amides is 1. The lowest BCUT2D eigenvalue weighted by molar-refractivity contribution is 0.0947. The Kier molecular flexibility index (Phi) is 4.38. The van der Waals surface area contributed by atoms with Crippen molar-refractivity contribution in [3.63, 3.8) is 0 Å². The molecule has 4 aromatic rings. The van der Waals surface area contributed by atoms with Crippen LogP contribution in [0.2, 0.25) is 0 Å². The van der Waals surface area contributed by atoms with Crippen molar-refractivity contribution in [3.8, 4) is 11.5 Å². The Bertz CT molecular complexity index is 1060. The average Bonchev–Trinajstić information content (AvgIpc) is 3.40. The molecule has 3 aromatic heterocycles. The predicted octanol–water partition coefficient (Wildman–Crippen LogP) is 3.80. The standard InChI is InChI=1S/C21H20N4O2/c1-15-7-5-8-17(13-15)25-21(24-10-3-4-11-24)19(16(2)23-25)20(26)22-14-18-9-6-12-27-18/h3-13H,14H2,1-2H3,(H,22,26). The van der Waals surface area contributed by atoms with Crippen LogP contribution in [0.3, 0.4) is 0 Å². The zero-order chi connectivity index (χ0) is 18.8. The molecular formula is C21H20N4O2. The number of aromatic nitrogens is 3. The largest absolute Gasteiger partial charge is 0.467 e. The molecule has 0 saturated carbocycles. The normalized spacial score (nSPS) is 10.9. The molecule has 0 aliphatic carbocycles. The van der Waals surface area contributed by atoms with E-state index in [1.165, 1.54) is 0 Å². The Labute approximate surface area is 157 Å². The number of aryl methyl sites for hydroxylation is 2. The molecule has 0 fully saturated rings. The molecule has 0 saturated heterocycles. The van der Waals surface area contributed by atoms with E-state index in [1.54, 1.807) is 12.3 Å². The highest BCUT2D eigenvalue weighted by atomic mass is 16.3. The summed E-state index contributed by atoms with van der Waals surface area (Å²) in [5, 5.41) is 7.58. The summed E-state index contributed by atoms with van der Waals surface area (Å²) >= 11 is 0. The number of benzene rings is 1. The van der Waals surface area contributed by atoms with Crippen LogP contribution >= 0.6 is 0 Å². The molecule has 27 heavy (non-hydrogen) atoms. The second-order valence-electron chi connectivity index (χ2n) is 6.39. The van der Waals surface area contributed by atoms with Gasteiger partial charge in [-0.2, -0.15) is 5.10 Å². The zero-order valence-electron chi connectivity index (χ0n) is 15.2. The minimum Gasteiger partial charge on any atom is -0.467 e. The Morgan fingerprint density at radius 3 is 2.63 bits per heavy atom. The van der Waals surface area contributed by atoms with Gasteiger partial charge in [0.2, 0.25) is 0 Å². The van der Waals surface area contributed by atoms with Gasteiger partial charge in [0, 0.05) is 12.4 Å². The number of hydrogen-bond acceptors (Lipinski definition) is 3. The number of carbonyl (C=O) groups is 1. The maximum absolute atomic E-state index is 13.0. The Morgan fingerprint density at radius 1 is 1.11 bits per heavy atom. The number of carbonyl (C=O) groups excluding carboxylic acids is 1. The van der Waals surface area contributed by atoms with E-state index in [4.69, 9.17) is 4.42 Å². The molecule has 1 amide bonds. The van der Waals surface area contributed by atoms with E-state index in [2.05, 4.69) is 10.4 Å². The molecule has 4 rings (SSSR count). The fourth-order valence-electron chi connectivity index (χ4n) is 3.10.